The minimum atomic E-state index is 0.178. The Kier molecular flexibility index (Phi) is 8.48. The molecule has 1 saturated heterocycles. The number of hydrogen-bond acceptors (Lipinski definition) is 4. The van der Waals surface area contributed by atoms with E-state index >= 15 is 0 Å². The van der Waals surface area contributed by atoms with Crippen LogP contribution in [-0.4, -0.2) is 50.3 Å². The highest BCUT2D eigenvalue weighted by molar-refractivity contribution is 7.99. The molecule has 0 aromatic heterocycles. The number of hydrogen-bond donors (Lipinski definition) is 2. The molecule has 1 aliphatic rings. The fourth-order valence-electron chi connectivity index (χ4n) is 1.82. The van der Waals surface area contributed by atoms with Gasteiger partial charge in [-0.15, -0.1) is 0 Å². The molecule has 1 fully saturated rings. The van der Waals surface area contributed by atoms with Gasteiger partial charge in [0.1, 0.15) is 0 Å². The Labute approximate surface area is 108 Å². The predicted octanol–water partition coefficient (Wildman–Crippen LogP) is 1.01. The Bertz CT molecular complexity index is 209. The first kappa shape index (κ1) is 14.8. The van der Waals surface area contributed by atoms with Crippen LogP contribution in [0, 0.1) is 0 Å². The minimum Gasteiger partial charge on any atom is -0.385 e. The van der Waals surface area contributed by atoms with Crippen molar-refractivity contribution in [2.24, 2.45) is 0 Å². The summed E-state index contributed by atoms with van der Waals surface area (Å²) in [6.07, 6.45) is 3.85. The van der Waals surface area contributed by atoms with Crippen LogP contribution in [0.3, 0.4) is 0 Å². The van der Waals surface area contributed by atoms with E-state index in [9.17, 15) is 4.79 Å². The molecule has 5 heteroatoms. The van der Waals surface area contributed by atoms with Gasteiger partial charge in [-0.3, -0.25) is 4.79 Å². The maximum atomic E-state index is 11.6. The van der Waals surface area contributed by atoms with Gasteiger partial charge >= 0.3 is 0 Å². The van der Waals surface area contributed by atoms with E-state index in [2.05, 4.69) is 10.6 Å². The number of unbranched alkanes of at least 4 members (excludes halogenated alkanes) is 2. The highest BCUT2D eigenvalue weighted by atomic mass is 32.2. The molecule has 0 spiro atoms. The molecule has 1 rings (SSSR count). The molecule has 1 unspecified atom stereocenters. The van der Waals surface area contributed by atoms with Crippen LogP contribution in [0.4, 0.5) is 0 Å². The van der Waals surface area contributed by atoms with E-state index in [-0.39, 0.29) is 5.91 Å². The van der Waals surface area contributed by atoms with Gasteiger partial charge in [0.2, 0.25) is 5.91 Å². The number of thioether (sulfide) groups is 1. The normalized spacial score (nSPS) is 20.2. The van der Waals surface area contributed by atoms with Gasteiger partial charge in [-0.2, -0.15) is 11.8 Å². The largest absolute Gasteiger partial charge is 0.385 e. The molecule has 2 N–H and O–H groups in total. The predicted molar refractivity (Wildman–Crippen MR) is 72.5 cm³/mol. The van der Waals surface area contributed by atoms with Crippen molar-refractivity contribution in [3.05, 3.63) is 0 Å². The van der Waals surface area contributed by atoms with Crippen molar-refractivity contribution in [2.75, 3.05) is 38.3 Å². The summed E-state index contributed by atoms with van der Waals surface area (Å²) < 4.78 is 4.97. The average molecular weight is 260 g/mol. The van der Waals surface area contributed by atoms with Crippen molar-refractivity contribution in [3.63, 3.8) is 0 Å². The van der Waals surface area contributed by atoms with Crippen molar-refractivity contribution in [3.8, 4) is 0 Å². The fraction of sp³-hybridized carbons (Fsp3) is 0.917. The van der Waals surface area contributed by atoms with Gasteiger partial charge in [-0.25, -0.2) is 0 Å². The summed E-state index contributed by atoms with van der Waals surface area (Å²) in [5.74, 6) is 2.40. The lowest BCUT2D eigenvalue weighted by atomic mass is 10.2. The van der Waals surface area contributed by atoms with Gasteiger partial charge in [-0.1, -0.05) is 0 Å². The van der Waals surface area contributed by atoms with Gasteiger partial charge < -0.3 is 15.4 Å². The molecule has 1 heterocycles. The lowest BCUT2D eigenvalue weighted by Crippen LogP contribution is -2.41. The Morgan fingerprint density at radius 3 is 3.06 bits per heavy atom. The Hall–Kier alpha value is -0.260. The molecule has 4 nitrogen and oxygen atoms in total. The Balaban J connectivity index is 1.93. The summed E-state index contributed by atoms with van der Waals surface area (Å²) in [5.41, 5.74) is 0. The Morgan fingerprint density at radius 1 is 1.47 bits per heavy atom. The standard InChI is InChI=1S/C12H24N2O2S/c1-16-7-4-2-3-5-14-12(15)9-11-10-17-8-6-13-11/h11,13H,2-10H2,1H3,(H,14,15). The lowest BCUT2D eigenvalue weighted by Gasteiger charge is -2.22. The summed E-state index contributed by atoms with van der Waals surface area (Å²) in [6, 6.07) is 0.363. The van der Waals surface area contributed by atoms with Crippen molar-refractivity contribution >= 4 is 17.7 Å². The van der Waals surface area contributed by atoms with Crippen molar-refractivity contribution < 1.29 is 9.53 Å². The molecule has 1 atom stereocenters. The lowest BCUT2D eigenvalue weighted by molar-refractivity contribution is -0.121. The molecule has 0 aromatic rings. The molecule has 0 aliphatic carbocycles. The van der Waals surface area contributed by atoms with Gasteiger partial charge in [0.15, 0.2) is 0 Å². The number of nitrogens with one attached hydrogen (secondary N) is 2. The highest BCUT2D eigenvalue weighted by Crippen LogP contribution is 2.09. The second-order valence-corrected chi connectivity index (χ2v) is 5.48. The van der Waals surface area contributed by atoms with E-state index in [4.69, 9.17) is 4.74 Å². The van der Waals surface area contributed by atoms with Crippen LogP contribution < -0.4 is 10.6 Å². The maximum Gasteiger partial charge on any atom is 0.221 e. The van der Waals surface area contributed by atoms with Crippen molar-refractivity contribution in [1.29, 1.82) is 0 Å². The summed E-state index contributed by atoms with van der Waals surface area (Å²) in [6.45, 7) is 2.64. The van der Waals surface area contributed by atoms with Crippen LogP contribution >= 0.6 is 11.8 Å². The molecule has 0 saturated carbocycles. The van der Waals surface area contributed by atoms with Crippen LogP contribution in [0.15, 0.2) is 0 Å². The molecule has 100 valence electrons. The van der Waals surface area contributed by atoms with E-state index in [1.807, 2.05) is 11.8 Å². The second kappa shape index (κ2) is 9.74. The minimum absolute atomic E-state index is 0.178. The first-order chi connectivity index (χ1) is 8.33. The second-order valence-electron chi connectivity index (χ2n) is 4.33. The van der Waals surface area contributed by atoms with Gasteiger partial charge in [0, 0.05) is 50.8 Å². The molecule has 1 aliphatic heterocycles. The number of rotatable bonds is 8. The zero-order valence-corrected chi connectivity index (χ0v) is 11.5. The van der Waals surface area contributed by atoms with E-state index < -0.39 is 0 Å². The van der Waals surface area contributed by atoms with E-state index in [1.165, 1.54) is 0 Å². The van der Waals surface area contributed by atoms with Gasteiger partial charge in [-0.05, 0) is 19.3 Å². The summed E-state index contributed by atoms with van der Waals surface area (Å²) in [7, 11) is 1.72. The fourth-order valence-corrected chi connectivity index (χ4v) is 2.77. The number of amides is 1. The molecule has 0 aromatic carbocycles. The first-order valence-corrected chi connectivity index (χ1v) is 7.55. The van der Waals surface area contributed by atoms with Gasteiger partial charge in [0.25, 0.3) is 0 Å². The molecular weight excluding hydrogens is 236 g/mol. The van der Waals surface area contributed by atoms with Crippen molar-refractivity contribution in [1.82, 2.24) is 10.6 Å². The topological polar surface area (TPSA) is 50.4 Å². The SMILES string of the molecule is COCCCCCNC(=O)CC1CSCCN1. The number of ether oxygens (including phenoxy) is 1. The quantitative estimate of drug-likeness (QED) is 0.640. The van der Waals surface area contributed by atoms with Crippen LogP contribution in [0.5, 0.6) is 0 Å². The smallest absolute Gasteiger partial charge is 0.221 e. The molecule has 17 heavy (non-hydrogen) atoms. The number of carbonyl (C=O) groups is 1. The molecule has 0 bridgehead atoms. The molecule has 0 radical (unpaired) electrons. The third-order valence-electron chi connectivity index (χ3n) is 2.78. The zero-order valence-electron chi connectivity index (χ0n) is 10.7. The van der Waals surface area contributed by atoms with E-state index in [0.29, 0.717) is 12.5 Å². The van der Waals surface area contributed by atoms with Crippen LogP contribution in [0.25, 0.3) is 0 Å². The number of methoxy groups -OCH3 is 1. The van der Waals surface area contributed by atoms with Crippen LogP contribution in [0.2, 0.25) is 0 Å². The summed E-state index contributed by atoms with van der Waals surface area (Å²) in [5, 5.41) is 6.35. The van der Waals surface area contributed by atoms with E-state index in [0.717, 1.165) is 50.5 Å². The summed E-state index contributed by atoms with van der Waals surface area (Å²) >= 11 is 1.93. The first-order valence-electron chi connectivity index (χ1n) is 6.39. The monoisotopic (exact) mass is 260 g/mol. The molecule has 1 amide bonds. The third-order valence-corrected chi connectivity index (χ3v) is 3.91. The van der Waals surface area contributed by atoms with Crippen LogP contribution in [0.1, 0.15) is 25.7 Å². The average Bonchev–Trinajstić information content (AvgIpc) is 2.35. The van der Waals surface area contributed by atoms with E-state index in [1.54, 1.807) is 7.11 Å². The number of carbonyl (C=O) groups excluding carboxylic acids is 1. The highest BCUT2D eigenvalue weighted by Gasteiger charge is 2.15. The van der Waals surface area contributed by atoms with Gasteiger partial charge in [0.05, 0.1) is 0 Å². The zero-order chi connectivity index (χ0) is 12.3. The van der Waals surface area contributed by atoms with Crippen molar-refractivity contribution in [2.45, 2.75) is 31.7 Å². The summed E-state index contributed by atoms with van der Waals surface area (Å²) in [4.78, 5) is 11.6. The third kappa shape index (κ3) is 7.63. The maximum absolute atomic E-state index is 11.6. The molecular formula is C12H24N2O2S. The Morgan fingerprint density at radius 2 is 2.35 bits per heavy atom. The van der Waals surface area contributed by atoms with Crippen LogP contribution in [-0.2, 0) is 9.53 Å².